The number of fused-ring (bicyclic) bond motifs is 1. The minimum atomic E-state index is -0.341. The van der Waals surface area contributed by atoms with Gasteiger partial charge in [-0.1, -0.05) is 23.7 Å². The second-order valence-corrected chi connectivity index (χ2v) is 6.71. The number of hydrogen-bond acceptors (Lipinski definition) is 3. The maximum Gasteiger partial charge on any atom is 0.252 e. The van der Waals surface area contributed by atoms with Crippen molar-refractivity contribution >= 4 is 28.4 Å². The number of aromatic nitrogens is 2. The van der Waals surface area contributed by atoms with Gasteiger partial charge in [0, 0.05) is 34.9 Å². The van der Waals surface area contributed by atoms with Gasteiger partial charge in [0.1, 0.15) is 5.82 Å². The Morgan fingerprint density at radius 2 is 1.96 bits per heavy atom. The standard InChI is InChI=1S/C22H15ClFN3O/c23-16-6-7-20-18(10-16)19(11-21(27-20)15-4-2-8-25-13-15)22(28)26-12-14-3-1-5-17(24)9-14/h1-11,13H,12H2,(H,26,28). The van der Waals surface area contributed by atoms with Gasteiger partial charge in [-0.25, -0.2) is 9.37 Å². The van der Waals surface area contributed by atoms with E-state index in [1.807, 2.05) is 12.1 Å². The topological polar surface area (TPSA) is 54.9 Å². The van der Waals surface area contributed by atoms with Gasteiger partial charge in [0.25, 0.3) is 5.91 Å². The van der Waals surface area contributed by atoms with Crippen LogP contribution in [-0.4, -0.2) is 15.9 Å². The molecule has 4 aromatic rings. The smallest absolute Gasteiger partial charge is 0.252 e. The second-order valence-electron chi connectivity index (χ2n) is 6.27. The van der Waals surface area contributed by atoms with Crippen LogP contribution in [0.1, 0.15) is 15.9 Å². The van der Waals surface area contributed by atoms with Gasteiger partial charge in [-0.15, -0.1) is 0 Å². The number of carbonyl (C=O) groups is 1. The lowest BCUT2D eigenvalue weighted by Crippen LogP contribution is -2.23. The van der Waals surface area contributed by atoms with Crippen molar-refractivity contribution in [2.24, 2.45) is 0 Å². The van der Waals surface area contributed by atoms with Crippen molar-refractivity contribution in [1.82, 2.24) is 15.3 Å². The molecule has 0 radical (unpaired) electrons. The van der Waals surface area contributed by atoms with Crippen molar-refractivity contribution in [3.05, 3.63) is 95.0 Å². The molecule has 0 unspecified atom stereocenters. The molecular weight excluding hydrogens is 377 g/mol. The molecule has 0 bridgehead atoms. The molecule has 1 N–H and O–H groups in total. The SMILES string of the molecule is O=C(NCc1cccc(F)c1)c1cc(-c2cccnc2)nc2ccc(Cl)cc12. The quantitative estimate of drug-likeness (QED) is 0.531. The van der Waals surface area contributed by atoms with Crippen molar-refractivity contribution in [3.63, 3.8) is 0 Å². The summed E-state index contributed by atoms with van der Waals surface area (Å²) >= 11 is 6.13. The Morgan fingerprint density at radius 1 is 1.07 bits per heavy atom. The van der Waals surface area contributed by atoms with Crippen molar-refractivity contribution in [2.75, 3.05) is 0 Å². The Hall–Kier alpha value is -3.31. The van der Waals surface area contributed by atoms with Crippen LogP contribution in [-0.2, 0) is 6.54 Å². The molecule has 0 saturated heterocycles. The van der Waals surface area contributed by atoms with Crippen LogP contribution < -0.4 is 5.32 Å². The molecule has 0 spiro atoms. The van der Waals surface area contributed by atoms with Gasteiger partial charge < -0.3 is 5.32 Å². The maximum atomic E-state index is 13.4. The monoisotopic (exact) mass is 391 g/mol. The van der Waals surface area contributed by atoms with Crippen LogP contribution in [0.25, 0.3) is 22.2 Å². The summed E-state index contributed by atoms with van der Waals surface area (Å²) in [5.74, 6) is -0.629. The Morgan fingerprint density at radius 3 is 2.75 bits per heavy atom. The van der Waals surface area contributed by atoms with Gasteiger partial charge in [-0.2, -0.15) is 0 Å². The van der Waals surface area contributed by atoms with Crippen molar-refractivity contribution in [3.8, 4) is 11.3 Å². The van der Waals surface area contributed by atoms with Crippen LogP contribution in [0, 0.1) is 5.82 Å². The molecule has 1 amide bonds. The lowest BCUT2D eigenvalue weighted by molar-refractivity contribution is 0.0952. The minimum Gasteiger partial charge on any atom is -0.348 e. The molecule has 2 heterocycles. The van der Waals surface area contributed by atoms with Gasteiger partial charge in [0.05, 0.1) is 16.8 Å². The van der Waals surface area contributed by atoms with Crippen molar-refractivity contribution < 1.29 is 9.18 Å². The van der Waals surface area contributed by atoms with Gasteiger partial charge in [-0.3, -0.25) is 9.78 Å². The van der Waals surface area contributed by atoms with Crippen molar-refractivity contribution in [2.45, 2.75) is 6.54 Å². The molecule has 0 aliphatic rings. The van der Waals surface area contributed by atoms with Gasteiger partial charge >= 0.3 is 0 Å². The fourth-order valence-electron chi connectivity index (χ4n) is 2.97. The Labute approximate surface area is 166 Å². The van der Waals surface area contributed by atoms with E-state index in [0.29, 0.717) is 32.7 Å². The zero-order valence-corrected chi connectivity index (χ0v) is 15.4. The fraction of sp³-hybridized carbons (Fsp3) is 0.0455. The summed E-state index contributed by atoms with van der Waals surface area (Å²) in [4.78, 5) is 21.7. The number of carbonyl (C=O) groups excluding carboxylic acids is 1. The van der Waals surface area contributed by atoms with E-state index < -0.39 is 0 Å². The van der Waals surface area contributed by atoms with Crippen LogP contribution in [0.3, 0.4) is 0 Å². The Kier molecular flexibility index (Phi) is 5.00. The number of hydrogen-bond donors (Lipinski definition) is 1. The normalized spacial score (nSPS) is 10.8. The number of halogens is 2. The van der Waals surface area contributed by atoms with E-state index in [-0.39, 0.29) is 18.3 Å². The summed E-state index contributed by atoms with van der Waals surface area (Å²) in [6, 6.07) is 16.8. The minimum absolute atomic E-state index is 0.212. The number of rotatable bonds is 4. The van der Waals surface area contributed by atoms with Gasteiger partial charge in [0.15, 0.2) is 0 Å². The molecule has 28 heavy (non-hydrogen) atoms. The molecule has 4 rings (SSSR count). The summed E-state index contributed by atoms with van der Waals surface area (Å²) in [6.07, 6.45) is 3.37. The van der Waals surface area contributed by atoms with E-state index in [0.717, 1.165) is 5.56 Å². The zero-order chi connectivity index (χ0) is 19.5. The zero-order valence-electron chi connectivity index (χ0n) is 14.7. The summed E-state index contributed by atoms with van der Waals surface area (Å²) in [5, 5.41) is 4.01. The van der Waals surface area contributed by atoms with E-state index in [4.69, 9.17) is 11.6 Å². The second kappa shape index (κ2) is 7.74. The summed E-state index contributed by atoms with van der Waals surface area (Å²) in [5.41, 5.74) is 3.22. The average molecular weight is 392 g/mol. The lowest BCUT2D eigenvalue weighted by Gasteiger charge is -2.11. The maximum absolute atomic E-state index is 13.4. The highest BCUT2D eigenvalue weighted by molar-refractivity contribution is 6.31. The Balaban J connectivity index is 1.73. The third-order valence-electron chi connectivity index (χ3n) is 4.31. The predicted octanol–water partition coefficient (Wildman–Crippen LogP) is 5.02. The summed E-state index contributed by atoms with van der Waals surface area (Å²) in [6.45, 7) is 0.212. The number of nitrogens with one attached hydrogen (secondary N) is 1. The molecule has 0 fully saturated rings. The number of nitrogens with zero attached hydrogens (tertiary/aromatic N) is 2. The number of benzene rings is 2. The molecule has 2 aromatic carbocycles. The molecule has 0 saturated carbocycles. The average Bonchev–Trinajstić information content (AvgIpc) is 2.72. The van der Waals surface area contributed by atoms with Crippen LogP contribution in [0.2, 0.25) is 5.02 Å². The number of amides is 1. The highest BCUT2D eigenvalue weighted by Crippen LogP contribution is 2.26. The van der Waals surface area contributed by atoms with Gasteiger partial charge in [-0.05, 0) is 54.1 Å². The molecular formula is C22H15ClFN3O. The molecule has 0 aliphatic heterocycles. The third-order valence-corrected chi connectivity index (χ3v) is 4.55. The first-order valence-corrected chi connectivity index (χ1v) is 9.01. The van der Waals surface area contributed by atoms with Gasteiger partial charge in [0.2, 0.25) is 0 Å². The first-order chi connectivity index (χ1) is 13.6. The Bertz CT molecular complexity index is 1170. The molecule has 6 heteroatoms. The first-order valence-electron chi connectivity index (χ1n) is 8.63. The number of pyridine rings is 2. The molecule has 0 aliphatic carbocycles. The summed E-state index contributed by atoms with van der Waals surface area (Å²) in [7, 11) is 0. The van der Waals surface area contributed by atoms with Crippen LogP contribution >= 0.6 is 11.6 Å². The van der Waals surface area contributed by atoms with E-state index in [9.17, 15) is 9.18 Å². The van der Waals surface area contributed by atoms with Crippen molar-refractivity contribution in [1.29, 1.82) is 0 Å². The first kappa shape index (κ1) is 18.1. The predicted molar refractivity (Wildman–Crippen MR) is 108 cm³/mol. The fourth-order valence-corrected chi connectivity index (χ4v) is 3.14. The highest BCUT2D eigenvalue weighted by atomic mass is 35.5. The van der Waals surface area contributed by atoms with E-state index in [2.05, 4.69) is 15.3 Å². The molecule has 0 atom stereocenters. The van der Waals surface area contributed by atoms with Crippen LogP contribution in [0.5, 0.6) is 0 Å². The van der Waals surface area contributed by atoms with Crippen LogP contribution in [0.15, 0.2) is 73.1 Å². The van der Waals surface area contributed by atoms with Crippen LogP contribution in [0.4, 0.5) is 4.39 Å². The largest absolute Gasteiger partial charge is 0.348 e. The highest BCUT2D eigenvalue weighted by Gasteiger charge is 2.14. The van der Waals surface area contributed by atoms with E-state index in [1.54, 1.807) is 48.8 Å². The molecule has 4 nitrogen and oxygen atoms in total. The van der Waals surface area contributed by atoms with E-state index in [1.165, 1.54) is 12.1 Å². The molecule has 138 valence electrons. The molecule has 2 aromatic heterocycles. The summed E-state index contributed by atoms with van der Waals surface area (Å²) < 4.78 is 13.4. The third kappa shape index (κ3) is 3.85. The lowest BCUT2D eigenvalue weighted by atomic mass is 10.0. The van der Waals surface area contributed by atoms with E-state index >= 15 is 0 Å².